The van der Waals surface area contributed by atoms with E-state index in [0.717, 1.165) is 25.0 Å². The highest BCUT2D eigenvalue weighted by Gasteiger charge is 2.20. The number of amides is 3. The molecule has 10 heteroatoms. The fraction of sp³-hybridized carbons (Fsp3) is 0.300. The van der Waals surface area contributed by atoms with Crippen molar-refractivity contribution in [3.63, 3.8) is 0 Å². The SMILES string of the molecule is O=C(NC[C@@H](O)C(=O)O)c1ccc(CN(C(=O)Nc2ccc(F)c(F)c2)c2ccc(C3CCCCC3)cc2)cc1. The zero-order valence-corrected chi connectivity index (χ0v) is 21.8. The summed E-state index contributed by atoms with van der Waals surface area (Å²) in [6, 6.07) is 16.7. The highest BCUT2D eigenvalue weighted by atomic mass is 19.2. The average Bonchev–Trinajstić information content (AvgIpc) is 2.97. The minimum Gasteiger partial charge on any atom is -0.479 e. The normalized spacial score (nSPS) is 14.3. The van der Waals surface area contributed by atoms with Gasteiger partial charge in [0, 0.05) is 23.0 Å². The van der Waals surface area contributed by atoms with E-state index >= 15 is 0 Å². The molecule has 0 unspecified atom stereocenters. The Morgan fingerprint density at radius 3 is 2.20 bits per heavy atom. The van der Waals surface area contributed by atoms with E-state index in [1.54, 1.807) is 12.1 Å². The van der Waals surface area contributed by atoms with Crippen molar-refractivity contribution in [1.82, 2.24) is 5.32 Å². The lowest BCUT2D eigenvalue weighted by atomic mass is 9.84. The van der Waals surface area contributed by atoms with Gasteiger partial charge in [-0.15, -0.1) is 0 Å². The predicted octanol–water partition coefficient (Wildman–Crippen LogP) is 5.43. The molecule has 4 rings (SSSR count). The van der Waals surface area contributed by atoms with Gasteiger partial charge in [-0.2, -0.15) is 0 Å². The fourth-order valence-corrected chi connectivity index (χ4v) is 4.73. The molecule has 1 saturated carbocycles. The maximum atomic E-state index is 13.7. The molecule has 0 bridgehead atoms. The van der Waals surface area contributed by atoms with Crippen LogP contribution in [0.2, 0.25) is 0 Å². The van der Waals surface area contributed by atoms with E-state index in [-0.39, 0.29) is 17.8 Å². The molecule has 1 atom stereocenters. The molecule has 3 aromatic carbocycles. The number of carboxylic acids is 1. The number of hydrogen-bond donors (Lipinski definition) is 4. The van der Waals surface area contributed by atoms with E-state index in [2.05, 4.69) is 10.6 Å². The van der Waals surface area contributed by atoms with Gasteiger partial charge < -0.3 is 20.8 Å². The van der Waals surface area contributed by atoms with Crippen LogP contribution in [0.15, 0.2) is 66.7 Å². The number of aliphatic hydroxyl groups is 1. The Kier molecular flexibility index (Phi) is 9.44. The minimum atomic E-state index is -1.71. The third-order valence-electron chi connectivity index (χ3n) is 7.00. The quantitative estimate of drug-likeness (QED) is 0.283. The van der Waals surface area contributed by atoms with Gasteiger partial charge in [0.1, 0.15) is 0 Å². The van der Waals surface area contributed by atoms with E-state index in [0.29, 0.717) is 17.2 Å². The molecule has 1 aliphatic rings. The largest absolute Gasteiger partial charge is 0.479 e. The molecule has 0 radical (unpaired) electrons. The number of benzene rings is 3. The van der Waals surface area contributed by atoms with Crippen molar-refractivity contribution < 1.29 is 33.4 Å². The molecule has 0 aromatic heterocycles. The molecule has 40 heavy (non-hydrogen) atoms. The topological polar surface area (TPSA) is 119 Å². The van der Waals surface area contributed by atoms with Gasteiger partial charge >= 0.3 is 12.0 Å². The van der Waals surface area contributed by atoms with Crippen LogP contribution >= 0.6 is 0 Å². The van der Waals surface area contributed by atoms with Crippen LogP contribution in [0.4, 0.5) is 25.0 Å². The van der Waals surface area contributed by atoms with Crippen LogP contribution in [0.5, 0.6) is 0 Å². The van der Waals surface area contributed by atoms with Gasteiger partial charge in [-0.25, -0.2) is 18.4 Å². The molecule has 210 valence electrons. The summed E-state index contributed by atoms with van der Waals surface area (Å²) in [5, 5.41) is 23.1. The van der Waals surface area contributed by atoms with Crippen LogP contribution in [0, 0.1) is 11.6 Å². The second-order valence-corrected chi connectivity index (χ2v) is 9.83. The number of anilines is 2. The number of carbonyl (C=O) groups is 3. The van der Waals surface area contributed by atoms with Crippen molar-refractivity contribution in [1.29, 1.82) is 0 Å². The molecule has 8 nitrogen and oxygen atoms in total. The Labute approximate surface area is 230 Å². The highest BCUT2D eigenvalue weighted by Crippen LogP contribution is 2.33. The third-order valence-corrected chi connectivity index (χ3v) is 7.00. The molecular weight excluding hydrogens is 520 g/mol. The average molecular weight is 552 g/mol. The summed E-state index contributed by atoms with van der Waals surface area (Å²) in [4.78, 5) is 37.8. The standard InChI is InChI=1S/C30H31F2N3O5/c31-25-15-12-23(16-26(25)32)34-30(40)35(24-13-10-21(11-14-24)20-4-2-1-3-5-20)18-19-6-8-22(9-7-19)28(37)33-17-27(36)29(38)39/h6-16,20,27,36H,1-5,17-18H2,(H,33,37)(H,34,40)(H,38,39)/t27-/m1/s1. The number of aliphatic hydroxyl groups excluding tert-OH is 1. The zero-order chi connectivity index (χ0) is 28.6. The molecule has 1 aliphatic carbocycles. The van der Waals surface area contributed by atoms with Crippen molar-refractivity contribution in [2.24, 2.45) is 0 Å². The van der Waals surface area contributed by atoms with Gasteiger partial charge in [0.25, 0.3) is 5.91 Å². The summed E-state index contributed by atoms with van der Waals surface area (Å²) in [5.41, 5.74) is 2.84. The van der Waals surface area contributed by atoms with Crippen LogP contribution in [-0.4, -0.2) is 40.8 Å². The summed E-state index contributed by atoms with van der Waals surface area (Å²) in [7, 11) is 0. The first-order valence-electron chi connectivity index (χ1n) is 13.1. The number of carbonyl (C=O) groups excluding carboxylic acids is 2. The van der Waals surface area contributed by atoms with Crippen LogP contribution in [0.25, 0.3) is 0 Å². The summed E-state index contributed by atoms with van der Waals surface area (Å²) >= 11 is 0. The number of nitrogens with one attached hydrogen (secondary N) is 2. The summed E-state index contributed by atoms with van der Waals surface area (Å²) in [6.07, 6.45) is 4.20. The Hall–Kier alpha value is -4.31. The van der Waals surface area contributed by atoms with Crippen LogP contribution in [-0.2, 0) is 11.3 Å². The number of aliphatic carboxylic acids is 1. The third kappa shape index (κ3) is 7.41. The summed E-state index contributed by atoms with van der Waals surface area (Å²) < 4.78 is 27.1. The number of nitrogens with zero attached hydrogens (tertiary/aromatic N) is 1. The van der Waals surface area contributed by atoms with Gasteiger partial charge in [-0.3, -0.25) is 9.69 Å². The highest BCUT2D eigenvalue weighted by molar-refractivity contribution is 6.01. The molecule has 1 fully saturated rings. The summed E-state index contributed by atoms with van der Waals surface area (Å²) in [6.45, 7) is -0.331. The van der Waals surface area contributed by atoms with Gasteiger partial charge in [0.2, 0.25) is 0 Å². The van der Waals surface area contributed by atoms with Crippen LogP contribution in [0.3, 0.4) is 0 Å². The van der Waals surface area contributed by atoms with Crippen molar-refractivity contribution >= 4 is 29.3 Å². The Morgan fingerprint density at radius 2 is 1.57 bits per heavy atom. The van der Waals surface area contributed by atoms with Gasteiger partial charge in [-0.1, -0.05) is 43.5 Å². The number of urea groups is 1. The van der Waals surface area contributed by atoms with Crippen molar-refractivity contribution in [3.8, 4) is 0 Å². The maximum absolute atomic E-state index is 13.7. The predicted molar refractivity (Wildman–Crippen MR) is 146 cm³/mol. The molecule has 4 N–H and O–H groups in total. The zero-order valence-electron chi connectivity index (χ0n) is 21.8. The Bertz CT molecular complexity index is 1340. The first-order valence-corrected chi connectivity index (χ1v) is 13.1. The lowest BCUT2D eigenvalue weighted by Gasteiger charge is -2.26. The second kappa shape index (κ2) is 13.2. The van der Waals surface area contributed by atoms with Gasteiger partial charge in [-0.05, 0) is 66.3 Å². The monoisotopic (exact) mass is 551 g/mol. The van der Waals surface area contributed by atoms with Crippen molar-refractivity contribution in [2.45, 2.75) is 50.7 Å². The molecule has 3 amide bonds. The number of rotatable bonds is 9. The van der Waals surface area contributed by atoms with Gasteiger partial charge in [0.15, 0.2) is 17.7 Å². The minimum absolute atomic E-state index is 0.100. The molecule has 0 spiro atoms. The lowest BCUT2D eigenvalue weighted by Crippen LogP contribution is -2.36. The molecule has 0 heterocycles. The number of halogens is 2. The summed E-state index contributed by atoms with van der Waals surface area (Å²) in [5.74, 6) is -3.61. The lowest BCUT2D eigenvalue weighted by molar-refractivity contribution is -0.146. The molecule has 0 saturated heterocycles. The van der Waals surface area contributed by atoms with E-state index < -0.39 is 42.2 Å². The second-order valence-electron chi connectivity index (χ2n) is 9.83. The number of carboxylic acid groups (broad SMARTS) is 1. The van der Waals surface area contributed by atoms with Crippen molar-refractivity contribution in [2.75, 3.05) is 16.8 Å². The first-order chi connectivity index (χ1) is 19.2. The van der Waals surface area contributed by atoms with Gasteiger partial charge in [0.05, 0.1) is 13.1 Å². The molecule has 3 aromatic rings. The Balaban J connectivity index is 1.52. The number of hydrogen-bond acceptors (Lipinski definition) is 4. The maximum Gasteiger partial charge on any atom is 0.334 e. The van der Waals surface area contributed by atoms with E-state index in [4.69, 9.17) is 5.11 Å². The fourth-order valence-electron chi connectivity index (χ4n) is 4.73. The Morgan fingerprint density at radius 1 is 0.900 bits per heavy atom. The van der Waals surface area contributed by atoms with Crippen LogP contribution < -0.4 is 15.5 Å². The molecular formula is C30H31F2N3O5. The van der Waals surface area contributed by atoms with E-state index in [9.17, 15) is 28.3 Å². The van der Waals surface area contributed by atoms with Crippen LogP contribution in [0.1, 0.15) is 59.5 Å². The van der Waals surface area contributed by atoms with Crippen molar-refractivity contribution in [3.05, 3.63) is 95.1 Å². The first kappa shape index (κ1) is 28.7. The molecule has 0 aliphatic heterocycles. The van der Waals surface area contributed by atoms with E-state index in [1.807, 2.05) is 24.3 Å². The smallest absolute Gasteiger partial charge is 0.334 e. The van der Waals surface area contributed by atoms with E-state index in [1.165, 1.54) is 47.9 Å².